The Labute approximate surface area is 121 Å². The maximum absolute atomic E-state index is 12.6. The highest BCUT2D eigenvalue weighted by atomic mass is 32.2. The minimum absolute atomic E-state index is 0.0392. The zero-order valence-corrected chi connectivity index (χ0v) is 13.2. The van der Waals surface area contributed by atoms with Crippen LogP contribution in [0.15, 0.2) is 0 Å². The second-order valence-electron chi connectivity index (χ2n) is 5.96. The Hall–Kier alpha value is -0.660. The molecule has 20 heavy (non-hydrogen) atoms. The van der Waals surface area contributed by atoms with Crippen molar-refractivity contribution in [2.45, 2.75) is 38.9 Å². The summed E-state index contributed by atoms with van der Waals surface area (Å²) in [5.41, 5.74) is 0. The topological polar surface area (TPSA) is 66.9 Å². The summed E-state index contributed by atoms with van der Waals surface area (Å²) in [7, 11) is -3.21. The van der Waals surface area contributed by atoms with Crippen LogP contribution >= 0.6 is 0 Å². The van der Waals surface area contributed by atoms with Gasteiger partial charge in [0, 0.05) is 26.2 Å². The first-order valence-electron chi connectivity index (χ1n) is 7.16. The van der Waals surface area contributed by atoms with Gasteiger partial charge in [0.25, 0.3) is 0 Å². The third-order valence-corrected chi connectivity index (χ3v) is 5.20. The van der Waals surface area contributed by atoms with Crippen molar-refractivity contribution in [1.82, 2.24) is 9.21 Å². The smallest absolute Gasteiger partial charge is 0.227 e. The fourth-order valence-electron chi connectivity index (χ4n) is 3.06. The van der Waals surface area contributed by atoms with Crippen molar-refractivity contribution in [1.29, 1.82) is 0 Å². The molecule has 0 spiro atoms. The van der Waals surface area contributed by atoms with Gasteiger partial charge in [0.1, 0.15) is 0 Å². The van der Waals surface area contributed by atoms with Gasteiger partial charge in [-0.05, 0) is 26.7 Å². The highest BCUT2D eigenvalue weighted by Crippen LogP contribution is 2.22. The van der Waals surface area contributed by atoms with Crippen molar-refractivity contribution in [3.8, 4) is 0 Å². The normalized spacial score (nSPS) is 33.1. The number of amides is 1. The fraction of sp³-hybridized carbons (Fsp3) is 0.923. The number of nitrogens with zero attached hydrogens (tertiary/aromatic N) is 2. The predicted molar refractivity (Wildman–Crippen MR) is 75.7 cm³/mol. The predicted octanol–water partition coefficient (Wildman–Crippen LogP) is 0.294. The van der Waals surface area contributed by atoms with Crippen molar-refractivity contribution in [3.05, 3.63) is 0 Å². The summed E-state index contributed by atoms with van der Waals surface area (Å²) in [6.45, 7) is 5.95. The second-order valence-corrected chi connectivity index (χ2v) is 7.94. The lowest BCUT2D eigenvalue weighted by atomic mass is 9.97. The maximum Gasteiger partial charge on any atom is 0.227 e. The Balaban J connectivity index is 2.01. The Morgan fingerprint density at radius 1 is 1.15 bits per heavy atom. The van der Waals surface area contributed by atoms with Crippen molar-refractivity contribution in [2.24, 2.45) is 5.92 Å². The largest absolute Gasteiger partial charge is 0.372 e. The van der Waals surface area contributed by atoms with Gasteiger partial charge in [-0.25, -0.2) is 12.7 Å². The molecule has 2 fully saturated rings. The molecule has 0 aromatic rings. The average Bonchev–Trinajstić information content (AvgIpc) is 2.36. The zero-order valence-electron chi connectivity index (χ0n) is 12.4. The molecule has 7 heteroatoms. The van der Waals surface area contributed by atoms with E-state index >= 15 is 0 Å². The van der Waals surface area contributed by atoms with Crippen LogP contribution in [0.3, 0.4) is 0 Å². The van der Waals surface area contributed by atoms with Gasteiger partial charge in [0.2, 0.25) is 15.9 Å². The Morgan fingerprint density at radius 3 is 2.30 bits per heavy atom. The van der Waals surface area contributed by atoms with Crippen LogP contribution in [-0.2, 0) is 19.6 Å². The minimum Gasteiger partial charge on any atom is -0.372 e. The first-order chi connectivity index (χ1) is 9.27. The van der Waals surface area contributed by atoms with Crippen molar-refractivity contribution in [3.63, 3.8) is 0 Å². The molecule has 0 unspecified atom stereocenters. The standard InChI is InChI=1S/C13H24N2O4S/c1-10-7-14(8-11(2)19-10)13(16)12-5-4-6-15(9-12)20(3,17)18/h10-12H,4-9H2,1-3H3/t10-,11+,12-/m0/s1. The fourth-order valence-corrected chi connectivity index (χ4v) is 3.97. The molecule has 2 rings (SSSR count). The molecule has 1 amide bonds. The molecule has 0 bridgehead atoms. The van der Waals surface area contributed by atoms with Crippen molar-refractivity contribution < 1.29 is 17.9 Å². The van der Waals surface area contributed by atoms with Gasteiger partial charge >= 0.3 is 0 Å². The van der Waals surface area contributed by atoms with Crippen LogP contribution in [-0.4, -0.2) is 68.2 Å². The summed E-state index contributed by atoms with van der Waals surface area (Å²) in [6.07, 6.45) is 2.80. The van der Waals surface area contributed by atoms with Gasteiger partial charge in [0.15, 0.2) is 0 Å². The number of carbonyl (C=O) groups excluding carboxylic acids is 1. The molecule has 116 valence electrons. The molecular formula is C13H24N2O4S. The molecule has 0 aromatic heterocycles. The lowest BCUT2D eigenvalue weighted by molar-refractivity contribution is -0.148. The molecule has 2 aliphatic heterocycles. The monoisotopic (exact) mass is 304 g/mol. The quantitative estimate of drug-likeness (QED) is 0.735. The van der Waals surface area contributed by atoms with E-state index in [-0.39, 0.29) is 24.0 Å². The number of carbonyl (C=O) groups is 1. The maximum atomic E-state index is 12.6. The van der Waals surface area contributed by atoms with Gasteiger partial charge < -0.3 is 9.64 Å². The lowest BCUT2D eigenvalue weighted by Crippen LogP contribution is -2.52. The molecule has 3 atom stereocenters. The van der Waals surface area contributed by atoms with Crippen LogP contribution in [0.25, 0.3) is 0 Å². The van der Waals surface area contributed by atoms with Crippen LogP contribution in [0.2, 0.25) is 0 Å². The number of rotatable bonds is 2. The summed E-state index contributed by atoms with van der Waals surface area (Å²) in [5, 5.41) is 0. The second kappa shape index (κ2) is 5.99. The molecule has 6 nitrogen and oxygen atoms in total. The highest BCUT2D eigenvalue weighted by Gasteiger charge is 2.35. The number of ether oxygens (including phenoxy) is 1. The summed E-state index contributed by atoms with van der Waals surface area (Å²) >= 11 is 0. The van der Waals surface area contributed by atoms with E-state index in [4.69, 9.17) is 4.74 Å². The molecule has 0 N–H and O–H groups in total. The molecule has 2 aliphatic rings. The van der Waals surface area contributed by atoms with E-state index in [0.717, 1.165) is 12.8 Å². The Bertz CT molecular complexity index is 455. The summed E-state index contributed by atoms with van der Waals surface area (Å²) in [6, 6.07) is 0. The Morgan fingerprint density at radius 2 is 1.75 bits per heavy atom. The Kier molecular flexibility index (Phi) is 4.71. The van der Waals surface area contributed by atoms with E-state index in [0.29, 0.717) is 26.2 Å². The third kappa shape index (κ3) is 3.71. The molecule has 0 aliphatic carbocycles. The van der Waals surface area contributed by atoms with E-state index in [9.17, 15) is 13.2 Å². The molecule has 0 radical (unpaired) electrons. The summed E-state index contributed by atoms with van der Waals surface area (Å²) in [5.74, 6) is -0.142. The van der Waals surface area contributed by atoms with E-state index < -0.39 is 10.0 Å². The van der Waals surface area contributed by atoms with Crippen LogP contribution in [0.4, 0.5) is 0 Å². The SMILES string of the molecule is C[C@@H]1CN(C(=O)[C@H]2CCCN(S(C)(=O)=O)C2)C[C@H](C)O1. The first kappa shape index (κ1) is 15.7. The number of piperidine rings is 1. The zero-order chi connectivity index (χ0) is 14.9. The van der Waals surface area contributed by atoms with Crippen molar-refractivity contribution >= 4 is 15.9 Å². The highest BCUT2D eigenvalue weighted by molar-refractivity contribution is 7.88. The van der Waals surface area contributed by atoms with Crippen LogP contribution in [0, 0.1) is 5.92 Å². The summed E-state index contributed by atoms with van der Waals surface area (Å²) < 4.78 is 30.3. The lowest BCUT2D eigenvalue weighted by Gasteiger charge is -2.39. The van der Waals surface area contributed by atoms with E-state index in [1.807, 2.05) is 18.7 Å². The van der Waals surface area contributed by atoms with E-state index in [1.54, 1.807) is 0 Å². The summed E-state index contributed by atoms with van der Waals surface area (Å²) in [4.78, 5) is 14.4. The molecular weight excluding hydrogens is 280 g/mol. The van der Waals surface area contributed by atoms with Gasteiger partial charge in [-0.3, -0.25) is 4.79 Å². The van der Waals surface area contributed by atoms with Crippen LogP contribution in [0.5, 0.6) is 0 Å². The molecule has 0 saturated carbocycles. The van der Waals surface area contributed by atoms with Gasteiger partial charge in [-0.15, -0.1) is 0 Å². The van der Waals surface area contributed by atoms with E-state index in [2.05, 4.69) is 0 Å². The van der Waals surface area contributed by atoms with Gasteiger partial charge in [-0.2, -0.15) is 0 Å². The minimum atomic E-state index is -3.21. The van der Waals surface area contributed by atoms with Gasteiger partial charge in [-0.1, -0.05) is 0 Å². The third-order valence-electron chi connectivity index (χ3n) is 3.93. The van der Waals surface area contributed by atoms with Gasteiger partial charge in [0.05, 0.1) is 24.4 Å². The molecule has 2 saturated heterocycles. The number of hydrogen-bond donors (Lipinski definition) is 0. The number of hydrogen-bond acceptors (Lipinski definition) is 4. The average molecular weight is 304 g/mol. The van der Waals surface area contributed by atoms with Crippen LogP contribution < -0.4 is 0 Å². The number of sulfonamides is 1. The number of morpholine rings is 1. The van der Waals surface area contributed by atoms with E-state index in [1.165, 1.54) is 10.6 Å². The molecule has 0 aromatic carbocycles. The first-order valence-corrected chi connectivity index (χ1v) is 9.01. The van der Waals surface area contributed by atoms with Crippen LogP contribution in [0.1, 0.15) is 26.7 Å². The van der Waals surface area contributed by atoms with Crippen molar-refractivity contribution in [2.75, 3.05) is 32.4 Å². The molecule has 2 heterocycles.